The molecule has 0 bridgehead atoms. The summed E-state index contributed by atoms with van der Waals surface area (Å²) in [6.07, 6.45) is 6.26. The first-order valence-corrected chi connectivity index (χ1v) is 8.47. The molecule has 2 fully saturated rings. The van der Waals surface area contributed by atoms with Crippen molar-refractivity contribution in [3.05, 3.63) is 23.8 Å². The van der Waals surface area contributed by atoms with Gasteiger partial charge in [0.15, 0.2) is 11.5 Å². The standard InChI is InChI=1S/C18H25NO4/c1-22-16-8-7-13(18(20)21)11-17(16)23-12-14-5-4-10-19-9-3-2-6-15(14)19/h7-8,11,14-15H,2-6,9-10,12H2,1H3,(H,20,21)/t14-,15+/m0/s1. The molecule has 0 aliphatic carbocycles. The summed E-state index contributed by atoms with van der Waals surface area (Å²) in [4.78, 5) is 13.7. The Morgan fingerprint density at radius 3 is 2.83 bits per heavy atom. The van der Waals surface area contributed by atoms with Crippen LogP contribution in [0.1, 0.15) is 42.5 Å². The zero-order chi connectivity index (χ0) is 16.2. The lowest BCUT2D eigenvalue weighted by Gasteiger charge is -2.44. The van der Waals surface area contributed by atoms with Crippen LogP contribution >= 0.6 is 0 Å². The molecule has 0 amide bonds. The van der Waals surface area contributed by atoms with Gasteiger partial charge in [0, 0.05) is 12.0 Å². The van der Waals surface area contributed by atoms with Crippen molar-refractivity contribution in [3.8, 4) is 11.5 Å². The van der Waals surface area contributed by atoms with Crippen molar-refractivity contribution in [1.29, 1.82) is 0 Å². The number of fused-ring (bicyclic) bond motifs is 1. The molecule has 1 aromatic rings. The molecule has 3 rings (SSSR count). The van der Waals surface area contributed by atoms with Gasteiger partial charge in [-0.3, -0.25) is 4.90 Å². The predicted molar refractivity (Wildman–Crippen MR) is 87.4 cm³/mol. The number of aromatic carboxylic acids is 1. The summed E-state index contributed by atoms with van der Waals surface area (Å²) in [6.45, 7) is 3.04. The summed E-state index contributed by atoms with van der Waals surface area (Å²) in [6, 6.07) is 5.37. The van der Waals surface area contributed by atoms with E-state index in [-0.39, 0.29) is 5.56 Å². The van der Waals surface area contributed by atoms with Gasteiger partial charge >= 0.3 is 5.97 Å². The molecule has 0 saturated carbocycles. The number of carbonyl (C=O) groups is 1. The van der Waals surface area contributed by atoms with Gasteiger partial charge in [0.1, 0.15) is 0 Å². The Bertz CT molecular complexity index is 558. The van der Waals surface area contributed by atoms with Crippen LogP contribution in [0.4, 0.5) is 0 Å². The zero-order valence-electron chi connectivity index (χ0n) is 13.7. The first kappa shape index (κ1) is 16.1. The van der Waals surface area contributed by atoms with Crippen LogP contribution in [-0.2, 0) is 0 Å². The molecule has 2 aliphatic heterocycles. The molecule has 0 spiro atoms. The number of benzene rings is 1. The number of piperidine rings is 2. The monoisotopic (exact) mass is 319 g/mol. The summed E-state index contributed by atoms with van der Waals surface area (Å²) >= 11 is 0. The number of hydrogen-bond acceptors (Lipinski definition) is 4. The molecule has 126 valence electrons. The molecular weight excluding hydrogens is 294 g/mol. The second kappa shape index (κ2) is 7.21. The van der Waals surface area contributed by atoms with E-state index in [1.54, 1.807) is 19.2 Å². The fourth-order valence-electron chi connectivity index (χ4n) is 3.89. The van der Waals surface area contributed by atoms with Gasteiger partial charge in [-0.25, -0.2) is 4.79 Å². The fourth-order valence-corrected chi connectivity index (χ4v) is 3.89. The van der Waals surface area contributed by atoms with E-state index < -0.39 is 5.97 Å². The highest BCUT2D eigenvalue weighted by Crippen LogP contribution is 2.33. The minimum absolute atomic E-state index is 0.226. The minimum Gasteiger partial charge on any atom is -0.493 e. The maximum atomic E-state index is 11.1. The van der Waals surface area contributed by atoms with Gasteiger partial charge in [0.05, 0.1) is 19.3 Å². The molecule has 2 aliphatic rings. The van der Waals surface area contributed by atoms with Crippen LogP contribution < -0.4 is 9.47 Å². The third kappa shape index (κ3) is 3.61. The van der Waals surface area contributed by atoms with Crippen LogP contribution in [0.5, 0.6) is 11.5 Å². The fraction of sp³-hybridized carbons (Fsp3) is 0.611. The zero-order valence-corrected chi connectivity index (χ0v) is 13.7. The summed E-state index contributed by atoms with van der Waals surface area (Å²) < 4.78 is 11.3. The lowest BCUT2D eigenvalue weighted by molar-refractivity contribution is 0.0360. The molecule has 0 aromatic heterocycles. The van der Waals surface area contributed by atoms with E-state index in [0.717, 1.165) is 0 Å². The van der Waals surface area contributed by atoms with Crippen molar-refractivity contribution >= 4 is 5.97 Å². The van der Waals surface area contributed by atoms with E-state index in [4.69, 9.17) is 14.6 Å². The first-order chi connectivity index (χ1) is 11.2. The topological polar surface area (TPSA) is 59.0 Å². The molecule has 1 aromatic carbocycles. The molecule has 0 radical (unpaired) electrons. The van der Waals surface area contributed by atoms with Crippen molar-refractivity contribution in [2.45, 2.75) is 38.1 Å². The van der Waals surface area contributed by atoms with Gasteiger partial charge in [0.2, 0.25) is 0 Å². The van der Waals surface area contributed by atoms with Crippen molar-refractivity contribution in [2.75, 3.05) is 26.8 Å². The van der Waals surface area contributed by atoms with Gasteiger partial charge in [-0.2, -0.15) is 0 Å². The summed E-state index contributed by atoms with van der Waals surface area (Å²) in [5, 5.41) is 9.14. The second-order valence-corrected chi connectivity index (χ2v) is 6.48. The van der Waals surface area contributed by atoms with E-state index in [2.05, 4.69) is 4.90 Å². The lowest BCUT2D eigenvalue weighted by atomic mass is 9.84. The van der Waals surface area contributed by atoms with Crippen LogP contribution in [0.15, 0.2) is 18.2 Å². The highest BCUT2D eigenvalue weighted by atomic mass is 16.5. The summed E-state index contributed by atoms with van der Waals surface area (Å²) in [5.41, 5.74) is 0.226. The summed E-state index contributed by atoms with van der Waals surface area (Å²) in [7, 11) is 1.58. The van der Waals surface area contributed by atoms with Crippen LogP contribution in [0.2, 0.25) is 0 Å². The molecule has 2 atom stereocenters. The van der Waals surface area contributed by atoms with Gasteiger partial charge in [-0.1, -0.05) is 6.42 Å². The Balaban J connectivity index is 1.69. The van der Waals surface area contributed by atoms with E-state index in [1.807, 2.05) is 0 Å². The largest absolute Gasteiger partial charge is 0.493 e. The molecule has 23 heavy (non-hydrogen) atoms. The van der Waals surface area contributed by atoms with E-state index in [1.165, 1.54) is 51.3 Å². The van der Waals surface area contributed by atoms with Gasteiger partial charge < -0.3 is 14.6 Å². The molecule has 2 heterocycles. The average molecular weight is 319 g/mol. The van der Waals surface area contributed by atoms with Crippen molar-refractivity contribution < 1.29 is 19.4 Å². The SMILES string of the molecule is COc1ccc(C(=O)O)cc1OC[C@@H]1CCCN2CCCC[C@H]12. The highest BCUT2D eigenvalue weighted by Gasteiger charge is 2.33. The second-order valence-electron chi connectivity index (χ2n) is 6.48. The predicted octanol–water partition coefficient (Wildman–Crippen LogP) is 3.04. The molecule has 5 nitrogen and oxygen atoms in total. The van der Waals surface area contributed by atoms with Crippen molar-refractivity contribution in [3.63, 3.8) is 0 Å². The average Bonchev–Trinajstić information content (AvgIpc) is 2.59. The Kier molecular flexibility index (Phi) is 5.06. The Labute approximate surface area is 137 Å². The maximum absolute atomic E-state index is 11.1. The van der Waals surface area contributed by atoms with Crippen LogP contribution in [0.25, 0.3) is 0 Å². The number of ether oxygens (including phenoxy) is 2. The normalized spacial score (nSPS) is 24.7. The highest BCUT2D eigenvalue weighted by molar-refractivity contribution is 5.88. The number of hydrogen-bond donors (Lipinski definition) is 1. The number of rotatable bonds is 5. The summed E-state index contributed by atoms with van der Waals surface area (Å²) in [5.74, 6) is 0.683. The number of carboxylic acid groups (broad SMARTS) is 1. The quantitative estimate of drug-likeness (QED) is 0.904. The Morgan fingerprint density at radius 2 is 2.04 bits per heavy atom. The van der Waals surface area contributed by atoms with E-state index in [0.29, 0.717) is 30.1 Å². The number of nitrogens with zero attached hydrogens (tertiary/aromatic N) is 1. The first-order valence-electron chi connectivity index (χ1n) is 8.47. The van der Waals surface area contributed by atoms with Gasteiger partial charge in [-0.15, -0.1) is 0 Å². The number of methoxy groups -OCH3 is 1. The van der Waals surface area contributed by atoms with Crippen molar-refractivity contribution in [2.24, 2.45) is 5.92 Å². The molecule has 0 unspecified atom stereocenters. The lowest BCUT2D eigenvalue weighted by Crippen LogP contribution is -2.49. The molecule has 5 heteroatoms. The van der Waals surface area contributed by atoms with Gasteiger partial charge in [-0.05, 0) is 57.0 Å². The van der Waals surface area contributed by atoms with Crippen molar-refractivity contribution in [1.82, 2.24) is 4.90 Å². The van der Waals surface area contributed by atoms with Gasteiger partial charge in [0.25, 0.3) is 0 Å². The third-order valence-electron chi connectivity index (χ3n) is 5.09. The Hall–Kier alpha value is -1.75. The minimum atomic E-state index is -0.950. The number of carboxylic acids is 1. The Morgan fingerprint density at radius 1 is 1.22 bits per heavy atom. The van der Waals surface area contributed by atoms with Crippen LogP contribution in [-0.4, -0.2) is 48.8 Å². The molecule has 2 saturated heterocycles. The van der Waals surface area contributed by atoms with Crippen LogP contribution in [0.3, 0.4) is 0 Å². The molecular formula is C18H25NO4. The van der Waals surface area contributed by atoms with E-state index in [9.17, 15) is 4.79 Å². The van der Waals surface area contributed by atoms with E-state index >= 15 is 0 Å². The third-order valence-corrected chi connectivity index (χ3v) is 5.09. The maximum Gasteiger partial charge on any atom is 0.335 e. The van der Waals surface area contributed by atoms with Crippen LogP contribution in [0, 0.1) is 5.92 Å². The smallest absolute Gasteiger partial charge is 0.335 e. The molecule has 1 N–H and O–H groups in total.